The number of hydrogen-bond acceptors (Lipinski definition) is 4. The average Bonchev–Trinajstić information content (AvgIpc) is 2.52. The molecule has 0 aliphatic carbocycles. The van der Waals surface area contributed by atoms with E-state index in [1.165, 1.54) is 7.11 Å². The number of carbonyl (C=O) groups is 2. The number of fused-ring (bicyclic) bond motifs is 1. The quantitative estimate of drug-likeness (QED) is 0.731. The highest BCUT2D eigenvalue weighted by Crippen LogP contribution is 2.45. The molecule has 1 aromatic rings. The minimum atomic E-state index is -2.04. The summed E-state index contributed by atoms with van der Waals surface area (Å²) in [6.45, 7) is 1.70. The van der Waals surface area contributed by atoms with Gasteiger partial charge in [0.1, 0.15) is 5.75 Å². The third-order valence-corrected chi connectivity index (χ3v) is 3.03. The first-order valence-corrected chi connectivity index (χ1v) is 5.34. The Morgan fingerprint density at radius 2 is 2.17 bits per heavy atom. The Labute approximate surface area is 103 Å². The van der Waals surface area contributed by atoms with Crippen molar-refractivity contribution >= 4 is 17.6 Å². The van der Waals surface area contributed by atoms with Crippen molar-refractivity contribution in [2.24, 2.45) is 0 Å². The molecule has 1 heterocycles. The zero-order chi connectivity index (χ0) is 13.5. The standard InChI is InChI=1S/C12H13NO5/c1-6-3-4-7(18-2)10-9(6)12(17,5-8(14)15)11(16)13-10/h3-4,17H,5H2,1-2H3,(H,13,16)(H,14,15). The van der Waals surface area contributed by atoms with Gasteiger partial charge in [-0.3, -0.25) is 9.59 Å². The fourth-order valence-electron chi connectivity index (χ4n) is 2.23. The average molecular weight is 251 g/mol. The van der Waals surface area contributed by atoms with E-state index >= 15 is 0 Å². The van der Waals surface area contributed by atoms with Gasteiger partial charge in [0.25, 0.3) is 5.91 Å². The van der Waals surface area contributed by atoms with E-state index in [0.29, 0.717) is 17.0 Å². The lowest BCUT2D eigenvalue weighted by Crippen LogP contribution is -2.36. The molecule has 3 N–H and O–H groups in total. The summed E-state index contributed by atoms with van der Waals surface area (Å²) in [5.74, 6) is -1.60. The molecule has 1 unspecified atom stereocenters. The Bertz CT molecular complexity index is 540. The topological polar surface area (TPSA) is 95.9 Å². The van der Waals surface area contributed by atoms with Gasteiger partial charge >= 0.3 is 5.97 Å². The van der Waals surface area contributed by atoms with Crippen LogP contribution in [-0.4, -0.2) is 29.2 Å². The lowest BCUT2D eigenvalue weighted by molar-refractivity contribution is -0.149. The largest absolute Gasteiger partial charge is 0.495 e. The molecule has 0 bridgehead atoms. The van der Waals surface area contributed by atoms with Crippen LogP contribution in [0.25, 0.3) is 0 Å². The molecule has 1 aliphatic rings. The van der Waals surface area contributed by atoms with Crippen molar-refractivity contribution in [1.29, 1.82) is 0 Å². The molecule has 6 nitrogen and oxygen atoms in total. The second-order valence-corrected chi connectivity index (χ2v) is 4.22. The highest BCUT2D eigenvalue weighted by Gasteiger charge is 2.49. The Kier molecular flexibility index (Phi) is 2.74. The van der Waals surface area contributed by atoms with Gasteiger partial charge in [-0.05, 0) is 18.6 Å². The molecule has 96 valence electrons. The second kappa shape index (κ2) is 3.99. The Hall–Kier alpha value is -2.08. The summed E-state index contributed by atoms with van der Waals surface area (Å²) in [4.78, 5) is 22.6. The van der Waals surface area contributed by atoms with E-state index in [0.717, 1.165) is 0 Å². The number of carboxylic acid groups (broad SMARTS) is 1. The molecular formula is C12H13NO5. The van der Waals surface area contributed by atoms with Crippen LogP contribution in [-0.2, 0) is 15.2 Å². The van der Waals surface area contributed by atoms with Crippen LogP contribution in [0.2, 0.25) is 0 Å². The molecule has 0 radical (unpaired) electrons. The van der Waals surface area contributed by atoms with Gasteiger partial charge in [0.05, 0.1) is 19.2 Å². The van der Waals surface area contributed by atoms with E-state index < -0.39 is 23.9 Å². The number of ether oxygens (including phenoxy) is 1. The smallest absolute Gasteiger partial charge is 0.307 e. The normalized spacial score (nSPS) is 21.4. The van der Waals surface area contributed by atoms with Crippen LogP contribution in [0.1, 0.15) is 17.5 Å². The van der Waals surface area contributed by atoms with Crippen molar-refractivity contribution in [3.63, 3.8) is 0 Å². The molecule has 0 saturated heterocycles. The maximum atomic E-state index is 11.8. The first-order chi connectivity index (χ1) is 8.40. The number of carboxylic acids is 1. The summed E-state index contributed by atoms with van der Waals surface area (Å²) in [6.07, 6.45) is -0.681. The highest BCUT2D eigenvalue weighted by molar-refractivity contribution is 6.08. The molecule has 0 aromatic heterocycles. The SMILES string of the molecule is COc1ccc(C)c2c1NC(=O)C2(O)CC(=O)O. The number of carbonyl (C=O) groups excluding carboxylic acids is 1. The number of aliphatic hydroxyl groups is 1. The van der Waals surface area contributed by atoms with E-state index in [1.807, 2.05) is 0 Å². The molecule has 2 rings (SSSR count). The molecule has 1 atom stereocenters. The number of nitrogens with one attached hydrogen (secondary N) is 1. The molecule has 18 heavy (non-hydrogen) atoms. The molecule has 1 aromatic carbocycles. The monoisotopic (exact) mass is 251 g/mol. The van der Waals surface area contributed by atoms with Crippen LogP contribution in [0, 0.1) is 6.92 Å². The maximum absolute atomic E-state index is 11.8. The summed E-state index contributed by atoms with van der Waals surface area (Å²) < 4.78 is 5.09. The third kappa shape index (κ3) is 1.62. The lowest BCUT2D eigenvalue weighted by atomic mass is 9.88. The van der Waals surface area contributed by atoms with Crippen molar-refractivity contribution in [1.82, 2.24) is 0 Å². The first-order valence-electron chi connectivity index (χ1n) is 5.34. The molecule has 0 fully saturated rings. The van der Waals surface area contributed by atoms with E-state index in [1.54, 1.807) is 19.1 Å². The number of benzene rings is 1. The predicted octanol–water partition coefficient (Wildman–Crippen LogP) is 0.618. The minimum Gasteiger partial charge on any atom is -0.495 e. The van der Waals surface area contributed by atoms with E-state index in [2.05, 4.69) is 5.32 Å². The third-order valence-electron chi connectivity index (χ3n) is 3.03. The predicted molar refractivity (Wildman–Crippen MR) is 62.5 cm³/mol. The van der Waals surface area contributed by atoms with Crippen LogP contribution in [0.3, 0.4) is 0 Å². The van der Waals surface area contributed by atoms with Gasteiger partial charge in [-0.15, -0.1) is 0 Å². The van der Waals surface area contributed by atoms with Crippen molar-refractivity contribution in [3.05, 3.63) is 23.3 Å². The van der Waals surface area contributed by atoms with Crippen LogP contribution >= 0.6 is 0 Å². The van der Waals surface area contributed by atoms with Gasteiger partial charge in [0.15, 0.2) is 5.60 Å². The van der Waals surface area contributed by atoms with Gasteiger partial charge in [-0.1, -0.05) is 6.07 Å². The maximum Gasteiger partial charge on any atom is 0.307 e. The minimum absolute atomic E-state index is 0.272. The second-order valence-electron chi connectivity index (χ2n) is 4.22. The Morgan fingerprint density at radius 1 is 1.50 bits per heavy atom. The zero-order valence-electron chi connectivity index (χ0n) is 9.98. The summed E-state index contributed by atoms with van der Waals surface area (Å²) in [5, 5.41) is 21.6. The molecular weight excluding hydrogens is 238 g/mol. The number of aryl methyl sites for hydroxylation is 1. The van der Waals surface area contributed by atoms with Crippen molar-refractivity contribution in [3.8, 4) is 5.75 Å². The molecule has 6 heteroatoms. The van der Waals surface area contributed by atoms with Gasteiger partial charge in [0, 0.05) is 5.56 Å². The number of anilines is 1. The summed E-state index contributed by atoms with van der Waals surface area (Å²) in [7, 11) is 1.44. The van der Waals surface area contributed by atoms with E-state index in [-0.39, 0.29) is 5.56 Å². The molecule has 1 amide bonds. The van der Waals surface area contributed by atoms with Crippen LogP contribution < -0.4 is 10.1 Å². The summed E-state index contributed by atoms with van der Waals surface area (Å²) >= 11 is 0. The lowest BCUT2D eigenvalue weighted by Gasteiger charge is -2.20. The van der Waals surface area contributed by atoms with Gasteiger partial charge in [0.2, 0.25) is 0 Å². The van der Waals surface area contributed by atoms with Gasteiger partial charge in [-0.2, -0.15) is 0 Å². The number of aliphatic carboxylic acids is 1. The Balaban J connectivity index is 2.64. The molecule has 1 aliphatic heterocycles. The zero-order valence-corrected chi connectivity index (χ0v) is 9.98. The van der Waals surface area contributed by atoms with Crippen LogP contribution in [0.15, 0.2) is 12.1 Å². The summed E-state index contributed by atoms with van der Waals surface area (Å²) in [5.41, 5.74) is -0.798. The Morgan fingerprint density at radius 3 is 2.72 bits per heavy atom. The number of hydrogen-bond donors (Lipinski definition) is 3. The number of rotatable bonds is 3. The first kappa shape index (κ1) is 12.4. The fraction of sp³-hybridized carbons (Fsp3) is 0.333. The molecule has 0 spiro atoms. The van der Waals surface area contributed by atoms with Crippen molar-refractivity contribution in [2.75, 3.05) is 12.4 Å². The number of methoxy groups -OCH3 is 1. The van der Waals surface area contributed by atoms with Crippen LogP contribution in [0.4, 0.5) is 5.69 Å². The fourth-order valence-corrected chi connectivity index (χ4v) is 2.23. The summed E-state index contributed by atoms with van der Waals surface area (Å²) in [6, 6.07) is 3.33. The van der Waals surface area contributed by atoms with Gasteiger partial charge < -0.3 is 20.3 Å². The van der Waals surface area contributed by atoms with Crippen LogP contribution in [0.5, 0.6) is 5.75 Å². The highest BCUT2D eigenvalue weighted by atomic mass is 16.5. The van der Waals surface area contributed by atoms with E-state index in [4.69, 9.17) is 9.84 Å². The van der Waals surface area contributed by atoms with Crippen molar-refractivity contribution < 1.29 is 24.5 Å². The van der Waals surface area contributed by atoms with Gasteiger partial charge in [-0.25, -0.2) is 0 Å². The number of amides is 1. The van der Waals surface area contributed by atoms with Crippen molar-refractivity contribution in [2.45, 2.75) is 18.9 Å². The van der Waals surface area contributed by atoms with E-state index in [9.17, 15) is 14.7 Å². The molecule has 0 saturated carbocycles.